The summed E-state index contributed by atoms with van der Waals surface area (Å²) in [4.78, 5) is 0. The molecular weight excluding hydrogens is 286 g/mol. The Morgan fingerprint density at radius 2 is 1.62 bits per heavy atom. The van der Waals surface area contributed by atoms with Crippen LogP contribution in [-0.4, -0.2) is 39.9 Å². The van der Waals surface area contributed by atoms with Crippen LogP contribution < -0.4 is 19.5 Å². The van der Waals surface area contributed by atoms with Crippen LogP contribution in [0.3, 0.4) is 0 Å². The Morgan fingerprint density at radius 3 is 2.05 bits per heavy atom. The van der Waals surface area contributed by atoms with Crippen LogP contribution in [0.4, 0.5) is 0 Å². The number of benzene rings is 1. The molecule has 2 atom stereocenters. The van der Waals surface area contributed by atoms with Gasteiger partial charge in [0.05, 0.1) is 21.3 Å². The quantitative estimate of drug-likeness (QED) is 0.757. The second kappa shape index (κ2) is 9.05. The zero-order valence-electron chi connectivity index (χ0n) is 13.9. The lowest BCUT2D eigenvalue weighted by Gasteiger charge is -2.20. The SMILES string of the molecule is COc1cc(C(C)NCC(C)CSC)cc(OC)c1OC. The van der Waals surface area contributed by atoms with Crippen LogP contribution in [0, 0.1) is 5.92 Å². The highest BCUT2D eigenvalue weighted by molar-refractivity contribution is 7.98. The highest BCUT2D eigenvalue weighted by Gasteiger charge is 2.16. The van der Waals surface area contributed by atoms with Crippen LogP contribution in [0.2, 0.25) is 0 Å². The van der Waals surface area contributed by atoms with Gasteiger partial charge in [0.2, 0.25) is 5.75 Å². The fourth-order valence-electron chi connectivity index (χ4n) is 2.19. The molecule has 0 aromatic heterocycles. The van der Waals surface area contributed by atoms with Crippen molar-refractivity contribution in [1.82, 2.24) is 5.32 Å². The molecule has 0 aliphatic rings. The molecule has 0 heterocycles. The first-order valence-corrected chi connectivity index (χ1v) is 8.48. The van der Waals surface area contributed by atoms with Gasteiger partial charge in [-0.15, -0.1) is 0 Å². The Balaban J connectivity index is 2.86. The van der Waals surface area contributed by atoms with E-state index in [4.69, 9.17) is 14.2 Å². The number of nitrogens with one attached hydrogen (secondary N) is 1. The van der Waals surface area contributed by atoms with Crippen LogP contribution in [0.15, 0.2) is 12.1 Å². The molecule has 0 fully saturated rings. The van der Waals surface area contributed by atoms with Crippen molar-refractivity contribution in [2.24, 2.45) is 5.92 Å². The van der Waals surface area contributed by atoms with Crippen LogP contribution in [0.25, 0.3) is 0 Å². The molecule has 1 aromatic rings. The summed E-state index contributed by atoms with van der Waals surface area (Å²) in [6, 6.07) is 4.22. The van der Waals surface area contributed by atoms with Gasteiger partial charge >= 0.3 is 0 Å². The number of hydrogen-bond donors (Lipinski definition) is 1. The zero-order valence-corrected chi connectivity index (χ0v) is 14.7. The van der Waals surface area contributed by atoms with Crippen molar-refractivity contribution in [2.45, 2.75) is 19.9 Å². The van der Waals surface area contributed by atoms with E-state index in [-0.39, 0.29) is 6.04 Å². The van der Waals surface area contributed by atoms with Gasteiger partial charge in [0.15, 0.2) is 11.5 Å². The van der Waals surface area contributed by atoms with Gasteiger partial charge in [0.25, 0.3) is 0 Å². The summed E-state index contributed by atoms with van der Waals surface area (Å²) in [5.74, 6) is 3.82. The molecular formula is C16H27NO3S. The van der Waals surface area contributed by atoms with E-state index in [0.717, 1.165) is 17.9 Å². The summed E-state index contributed by atoms with van der Waals surface area (Å²) >= 11 is 1.88. The molecule has 5 heteroatoms. The van der Waals surface area contributed by atoms with Gasteiger partial charge in [-0.2, -0.15) is 11.8 Å². The standard InChI is InChI=1S/C16H27NO3S/c1-11(10-21-6)9-17-12(2)13-7-14(18-3)16(20-5)15(8-13)19-4/h7-8,11-12,17H,9-10H2,1-6H3. The molecule has 1 rings (SSSR count). The van der Waals surface area contributed by atoms with E-state index in [1.54, 1.807) is 21.3 Å². The van der Waals surface area contributed by atoms with E-state index in [1.165, 1.54) is 0 Å². The van der Waals surface area contributed by atoms with Crippen LogP contribution in [0.1, 0.15) is 25.5 Å². The third-order valence-corrected chi connectivity index (χ3v) is 4.31. The molecule has 2 unspecified atom stereocenters. The number of methoxy groups -OCH3 is 3. The van der Waals surface area contributed by atoms with E-state index >= 15 is 0 Å². The van der Waals surface area contributed by atoms with E-state index < -0.39 is 0 Å². The topological polar surface area (TPSA) is 39.7 Å². The van der Waals surface area contributed by atoms with Crippen molar-refractivity contribution in [3.8, 4) is 17.2 Å². The highest BCUT2D eigenvalue weighted by Crippen LogP contribution is 2.39. The van der Waals surface area contributed by atoms with E-state index in [0.29, 0.717) is 23.2 Å². The van der Waals surface area contributed by atoms with Crippen molar-refractivity contribution in [3.05, 3.63) is 17.7 Å². The highest BCUT2D eigenvalue weighted by atomic mass is 32.2. The van der Waals surface area contributed by atoms with Gasteiger partial charge in [-0.05, 0) is 49.1 Å². The normalized spacial score (nSPS) is 13.6. The molecule has 0 bridgehead atoms. The van der Waals surface area contributed by atoms with E-state index in [2.05, 4.69) is 25.4 Å². The number of hydrogen-bond acceptors (Lipinski definition) is 5. The zero-order chi connectivity index (χ0) is 15.8. The minimum absolute atomic E-state index is 0.225. The Labute approximate surface area is 132 Å². The lowest BCUT2D eigenvalue weighted by Crippen LogP contribution is -2.25. The third kappa shape index (κ3) is 5.00. The first-order valence-electron chi connectivity index (χ1n) is 7.09. The second-order valence-electron chi connectivity index (χ2n) is 5.15. The maximum atomic E-state index is 5.40. The van der Waals surface area contributed by atoms with Gasteiger partial charge in [-0.3, -0.25) is 0 Å². The molecule has 0 spiro atoms. The molecule has 1 N–H and O–H groups in total. The van der Waals surface area contributed by atoms with E-state index in [9.17, 15) is 0 Å². The fraction of sp³-hybridized carbons (Fsp3) is 0.625. The van der Waals surface area contributed by atoms with Crippen LogP contribution in [-0.2, 0) is 0 Å². The van der Waals surface area contributed by atoms with Crippen molar-refractivity contribution in [2.75, 3.05) is 39.9 Å². The summed E-state index contributed by atoms with van der Waals surface area (Å²) in [5, 5.41) is 3.56. The van der Waals surface area contributed by atoms with Gasteiger partial charge in [-0.1, -0.05) is 6.92 Å². The minimum atomic E-state index is 0.225. The molecule has 1 aromatic carbocycles. The largest absolute Gasteiger partial charge is 0.493 e. The number of rotatable bonds is 9. The Kier molecular flexibility index (Phi) is 7.75. The predicted molar refractivity (Wildman–Crippen MR) is 90.1 cm³/mol. The predicted octanol–water partition coefficient (Wildman–Crippen LogP) is 3.36. The number of thioether (sulfide) groups is 1. The molecule has 0 radical (unpaired) electrons. The Bertz CT molecular complexity index is 415. The van der Waals surface area contributed by atoms with Crippen molar-refractivity contribution in [1.29, 1.82) is 0 Å². The maximum Gasteiger partial charge on any atom is 0.203 e. The average Bonchev–Trinajstić information content (AvgIpc) is 2.51. The number of ether oxygens (including phenoxy) is 3. The van der Waals surface area contributed by atoms with Gasteiger partial charge in [0, 0.05) is 6.04 Å². The van der Waals surface area contributed by atoms with Gasteiger partial charge in [0.1, 0.15) is 0 Å². The van der Waals surface area contributed by atoms with E-state index in [1.807, 2.05) is 23.9 Å². The van der Waals surface area contributed by atoms with Crippen molar-refractivity contribution >= 4 is 11.8 Å². The van der Waals surface area contributed by atoms with Gasteiger partial charge < -0.3 is 19.5 Å². The second-order valence-corrected chi connectivity index (χ2v) is 6.06. The molecule has 0 aliphatic carbocycles. The molecule has 0 saturated carbocycles. The smallest absolute Gasteiger partial charge is 0.203 e. The summed E-state index contributed by atoms with van der Waals surface area (Å²) in [7, 11) is 4.89. The average molecular weight is 313 g/mol. The van der Waals surface area contributed by atoms with Crippen molar-refractivity contribution < 1.29 is 14.2 Å². The van der Waals surface area contributed by atoms with Crippen molar-refractivity contribution in [3.63, 3.8) is 0 Å². The molecule has 21 heavy (non-hydrogen) atoms. The van der Waals surface area contributed by atoms with Crippen LogP contribution in [0.5, 0.6) is 17.2 Å². The summed E-state index contributed by atoms with van der Waals surface area (Å²) in [6.07, 6.45) is 2.14. The third-order valence-electron chi connectivity index (χ3n) is 3.41. The lowest BCUT2D eigenvalue weighted by atomic mass is 10.1. The summed E-state index contributed by atoms with van der Waals surface area (Å²) in [5.41, 5.74) is 1.13. The Hall–Kier alpha value is -1.07. The molecule has 0 amide bonds. The first-order chi connectivity index (χ1) is 10.1. The molecule has 0 aliphatic heterocycles. The first kappa shape index (κ1) is 18.0. The van der Waals surface area contributed by atoms with Crippen LogP contribution >= 0.6 is 11.8 Å². The fourth-order valence-corrected chi connectivity index (χ4v) is 2.88. The Morgan fingerprint density at radius 1 is 1.05 bits per heavy atom. The maximum absolute atomic E-state index is 5.40. The minimum Gasteiger partial charge on any atom is -0.493 e. The summed E-state index contributed by atoms with van der Waals surface area (Å²) < 4.78 is 16.1. The van der Waals surface area contributed by atoms with Gasteiger partial charge in [-0.25, -0.2) is 0 Å². The molecule has 4 nitrogen and oxygen atoms in total. The monoisotopic (exact) mass is 313 g/mol. The molecule has 120 valence electrons. The molecule has 0 saturated heterocycles. The summed E-state index contributed by atoms with van der Waals surface area (Å²) in [6.45, 7) is 5.39. The lowest BCUT2D eigenvalue weighted by molar-refractivity contribution is 0.323.